The zero-order chi connectivity index (χ0) is 9.00. The van der Waals surface area contributed by atoms with Crippen molar-refractivity contribution in [2.24, 2.45) is 0 Å². The maximum absolute atomic E-state index is 9.16. The molecule has 64 valence electrons. The molecule has 0 atom stereocenters. The molecule has 0 radical (unpaired) electrons. The summed E-state index contributed by atoms with van der Waals surface area (Å²) in [6.45, 7) is 0. The lowest BCUT2D eigenvalue weighted by Crippen LogP contribution is -1.63. The normalized spacial score (nSPS) is 11.6. The fourth-order valence-corrected chi connectivity index (χ4v) is 0. The van der Waals surface area contributed by atoms with Crippen molar-refractivity contribution in [1.82, 2.24) is 0 Å². The third-order valence-electron chi connectivity index (χ3n) is 0. The Kier molecular flexibility index (Phi) is 6.60. The van der Waals surface area contributed by atoms with Gasteiger partial charge in [-0.15, -0.1) is 0 Å². The highest BCUT2D eigenvalue weighted by Crippen LogP contribution is 1.99. The third kappa shape index (κ3) is 524. The first-order valence-electron chi connectivity index (χ1n) is 1.28. The van der Waals surface area contributed by atoms with Crippen molar-refractivity contribution in [3.05, 3.63) is 0 Å². The first-order chi connectivity index (χ1) is 4.00. The minimum absolute atomic E-state index is 3.72. The first kappa shape index (κ1) is 13.6. The van der Waals surface area contributed by atoms with Crippen molar-refractivity contribution < 1.29 is 16.8 Å². The second-order valence-corrected chi connectivity index (χ2v) is 8.09. The van der Waals surface area contributed by atoms with E-state index in [1.54, 1.807) is 0 Å². The van der Waals surface area contributed by atoms with E-state index in [0.29, 0.717) is 0 Å². The van der Waals surface area contributed by atoms with Gasteiger partial charge in [-0.2, -0.15) is 16.8 Å². The van der Waals surface area contributed by atoms with Gasteiger partial charge in [-0.1, -0.05) is 0 Å². The molecule has 0 aromatic carbocycles. The third-order valence-corrected chi connectivity index (χ3v) is 0. The summed E-state index contributed by atoms with van der Waals surface area (Å²) < 4.78 is 36.7. The maximum Gasteiger partial charge on any atom is 0.317 e. The summed E-state index contributed by atoms with van der Waals surface area (Å²) in [7, 11) is 9.63. The number of halogens is 4. The standard InChI is InChI=1S/2Cl2O2S/c2*1-5(2,3)4. The smallest absolute Gasteiger partial charge is 0.195 e. The predicted octanol–water partition coefficient (Wildman–Crippen LogP) is 1.42. The molecule has 0 aliphatic rings. The zero-order valence-corrected chi connectivity index (χ0v) is 8.62. The zero-order valence-electron chi connectivity index (χ0n) is 3.96. The molecular weight excluding hydrogens is 270 g/mol. The topological polar surface area (TPSA) is 68.3 Å². The SMILES string of the molecule is O=S(=O)(Cl)Cl.O=S(=O)(Cl)Cl. The summed E-state index contributed by atoms with van der Waals surface area (Å²) in [6.07, 6.45) is 0. The lowest BCUT2D eigenvalue weighted by Gasteiger charge is -1.61. The first-order valence-corrected chi connectivity index (χ1v) is 7.55. The van der Waals surface area contributed by atoms with Gasteiger partial charge in [0.2, 0.25) is 0 Å². The van der Waals surface area contributed by atoms with Gasteiger partial charge in [0.25, 0.3) is 0 Å². The molecule has 0 bridgehead atoms. The highest BCUT2D eigenvalue weighted by molar-refractivity contribution is 8.31. The molecular formula is Cl4O4S2. The molecule has 10 heteroatoms. The van der Waals surface area contributed by atoms with Crippen LogP contribution in [0.15, 0.2) is 0 Å². The van der Waals surface area contributed by atoms with Crippen LogP contribution in [0.25, 0.3) is 0 Å². The van der Waals surface area contributed by atoms with Gasteiger partial charge in [0.1, 0.15) is 0 Å². The van der Waals surface area contributed by atoms with Crippen molar-refractivity contribution >= 4 is 59.3 Å². The molecule has 0 heterocycles. The lowest BCUT2D eigenvalue weighted by molar-refractivity contribution is 0.620. The molecule has 0 saturated carbocycles. The molecule has 10 heavy (non-hydrogen) atoms. The summed E-state index contributed by atoms with van der Waals surface area (Å²) in [4.78, 5) is 0. The minimum Gasteiger partial charge on any atom is -0.195 e. The van der Waals surface area contributed by atoms with E-state index >= 15 is 0 Å². The average molecular weight is 270 g/mol. The Hall–Kier alpha value is 1.06. The summed E-state index contributed by atoms with van der Waals surface area (Å²) in [5.41, 5.74) is 0. The van der Waals surface area contributed by atoms with Crippen molar-refractivity contribution in [1.29, 1.82) is 0 Å². The van der Waals surface area contributed by atoms with Crippen molar-refractivity contribution in [3.8, 4) is 0 Å². The van der Waals surface area contributed by atoms with Crippen LogP contribution in [-0.4, -0.2) is 16.8 Å². The van der Waals surface area contributed by atoms with E-state index < -0.39 is 16.5 Å². The molecule has 0 N–H and O–H groups in total. The number of hydrogen-bond donors (Lipinski definition) is 0. The van der Waals surface area contributed by atoms with Crippen LogP contribution >= 0.6 is 42.7 Å². The molecule has 0 saturated heterocycles. The van der Waals surface area contributed by atoms with E-state index in [0.717, 1.165) is 0 Å². The van der Waals surface area contributed by atoms with E-state index in [2.05, 4.69) is 42.7 Å². The van der Waals surface area contributed by atoms with Crippen LogP contribution < -0.4 is 0 Å². The average Bonchev–Trinajstić information content (AvgIpc) is 1.12. The van der Waals surface area contributed by atoms with Gasteiger partial charge in [-0.05, 0) is 0 Å². The molecule has 0 unspecified atom stereocenters. The largest absolute Gasteiger partial charge is 0.317 e. The fraction of sp³-hybridized carbons (Fsp3) is 0. The monoisotopic (exact) mass is 268 g/mol. The molecule has 4 nitrogen and oxygen atoms in total. The van der Waals surface area contributed by atoms with E-state index in [9.17, 15) is 0 Å². The Morgan fingerprint density at radius 2 is 0.600 bits per heavy atom. The van der Waals surface area contributed by atoms with Gasteiger partial charge in [-0.3, -0.25) is 0 Å². The number of hydrogen-bond acceptors (Lipinski definition) is 4. The highest BCUT2D eigenvalue weighted by atomic mass is 36.0. The van der Waals surface area contributed by atoms with Gasteiger partial charge in [0.15, 0.2) is 0 Å². The summed E-state index contributed by atoms with van der Waals surface area (Å²) in [5, 5.41) is 0. The van der Waals surface area contributed by atoms with E-state index in [-0.39, 0.29) is 0 Å². The molecule has 0 rings (SSSR count). The second kappa shape index (κ2) is 4.84. The summed E-state index contributed by atoms with van der Waals surface area (Å²) >= 11 is 0. The van der Waals surface area contributed by atoms with Gasteiger partial charge < -0.3 is 0 Å². The predicted molar refractivity (Wildman–Crippen MR) is 41.3 cm³/mol. The van der Waals surface area contributed by atoms with Crippen LogP contribution in [0.2, 0.25) is 0 Å². The molecule has 0 fully saturated rings. The Morgan fingerprint density at radius 1 is 0.600 bits per heavy atom. The molecule has 0 amide bonds. The Morgan fingerprint density at radius 3 is 0.600 bits per heavy atom. The summed E-state index contributed by atoms with van der Waals surface area (Å²) in [6, 6.07) is 0. The highest BCUT2D eigenvalue weighted by Gasteiger charge is 1.89. The second-order valence-electron chi connectivity index (χ2n) is 0.757. The van der Waals surface area contributed by atoms with Gasteiger partial charge in [-0.25, -0.2) is 0 Å². The Labute approximate surface area is 75.9 Å². The van der Waals surface area contributed by atoms with E-state index in [4.69, 9.17) is 16.8 Å². The Balaban J connectivity index is 0. The van der Waals surface area contributed by atoms with E-state index in [1.165, 1.54) is 0 Å². The molecule has 0 aliphatic carbocycles. The molecule has 0 spiro atoms. The minimum atomic E-state index is -3.72. The summed E-state index contributed by atoms with van der Waals surface area (Å²) in [5.74, 6) is 0. The van der Waals surface area contributed by atoms with Gasteiger partial charge in [0, 0.05) is 42.7 Å². The quantitative estimate of drug-likeness (QED) is 0.624. The molecule has 0 aromatic heterocycles. The Bertz CT molecular complexity index is 212. The van der Waals surface area contributed by atoms with Crippen LogP contribution in [0.3, 0.4) is 0 Å². The molecule has 0 aliphatic heterocycles. The van der Waals surface area contributed by atoms with Crippen molar-refractivity contribution in [3.63, 3.8) is 0 Å². The van der Waals surface area contributed by atoms with Gasteiger partial charge >= 0.3 is 16.5 Å². The molecule has 0 aromatic rings. The van der Waals surface area contributed by atoms with Crippen LogP contribution in [0.4, 0.5) is 0 Å². The fourth-order valence-electron chi connectivity index (χ4n) is 0. The number of rotatable bonds is 0. The maximum atomic E-state index is 9.16. The van der Waals surface area contributed by atoms with Crippen LogP contribution in [0.5, 0.6) is 0 Å². The van der Waals surface area contributed by atoms with Crippen molar-refractivity contribution in [2.45, 2.75) is 0 Å². The van der Waals surface area contributed by atoms with Gasteiger partial charge in [0.05, 0.1) is 0 Å². The van der Waals surface area contributed by atoms with Crippen LogP contribution in [0.1, 0.15) is 0 Å². The lowest BCUT2D eigenvalue weighted by atomic mass is 15.9. The van der Waals surface area contributed by atoms with E-state index in [1.807, 2.05) is 0 Å². The van der Waals surface area contributed by atoms with Crippen molar-refractivity contribution in [2.75, 3.05) is 0 Å². The van der Waals surface area contributed by atoms with Crippen LogP contribution in [-0.2, 0) is 16.5 Å². The van der Waals surface area contributed by atoms with Crippen LogP contribution in [0, 0.1) is 0 Å².